The van der Waals surface area contributed by atoms with Gasteiger partial charge in [0, 0.05) is 6.54 Å². The van der Waals surface area contributed by atoms with Crippen LogP contribution in [0.4, 0.5) is 0 Å². The molecule has 104 valence electrons. The number of hydrogen-bond acceptors (Lipinski definition) is 5. The van der Waals surface area contributed by atoms with Crippen LogP contribution in [0.3, 0.4) is 0 Å². The molecule has 18 heavy (non-hydrogen) atoms. The van der Waals surface area contributed by atoms with Crippen LogP contribution in [0.2, 0.25) is 0 Å². The van der Waals surface area contributed by atoms with E-state index in [0.717, 1.165) is 0 Å². The van der Waals surface area contributed by atoms with Crippen molar-refractivity contribution in [1.29, 1.82) is 0 Å². The molecule has 0 bridgehead atoms. The molecule has 0 heterocycles. The van der Waals surface area contributed by atoms with Gasteiger partial charge in [-0.15, -0.1) is 0 Å². The lowest BCUT2D eigenvalue weighted by atomic mass is 10.1. The van der Waals surface area contributed by atoms with Gasteiger partial charge in [0.1, 0.15) is 19.3 Å². The molecule has 0 aliphatic heterocycles. The molecule has 0 aromatic carbocycles. The van der Waals surface area contributed by atoms with Gasteiger partial charge in [-0.1, -0.05) is 0 Å². The van der Waals surface area contributed by atoms with Crippen molar-refractivity contribution in [3.8, 4) is 0 Å². The zero-order chi connectivity index (χ0) is 14.0. The van der Waals surface area contributed by atoms with Crippen molar-refractivity contribution in [2.75, 3.05) is 19.8 Å². The van der Waals surface area contributed by atoms with Gasteiger partial charge >= 0.3 is 5.97 Å². The van der Waals surface area contributed by atoms with Gasteiger partial charge < -0.3 is 26.0 Å². The Morgan fingerprint density at radius 3 is 2.11 bits per heavy atom. The molecule has 0 spiro atoms. The van der Waals surface area contributed by atoms with Gasteiger partial charge in [-0.05, 0) is 19.3 Å². The fraction of sp³-hybridized carbons (Fsp3) is 0.700. The van der Waals surface area contributed by atoms with Crippen molar-refractivity contribution in [3.05, 3.63) is 0 Å². The zero-order valence-corrected chi connectivity index (χ0v) is 9.89. The van der Waals surface area contributed by atoms with E-state index in [9.17, 15) is 14.4 Å². The van der Waals surface area contributed by atoms with Crippen LogP contribution in [0, 0.1) is 0 Å². The topological polar surface area (TPSA) is 136 Å². The van der Waals surface area contributed by atoms with Crippen molar-refractivity contribution >= 4 is 17.8 Å². The largest absolute Gasteiger partial charge is 0.480 e. The van der Waals surface area contributed by atoms with Crippen molar-refractivity contribution in [2.24, 2.45) is 0 Å². The van der Waals surface area contributed by atoms with Crippen LogP contribution in [0.1, 0.15) is 19.3 Å². The van der Waals surface area contributed by atoms with Gasteiger partial charge in [-0.3, -0.25) is 9.59 Å². The molecule has 0 radical (unpaired) electrons. The molecule has 1 atom stereocenters. The van der Waals surface area contributed by atoms with E-state index in [1.165, 1.54) is 0 Å². The van der Waals surface area contributed by atoms with Crippen LogP contribution in [-0.2, 0) is 14.4 Å². The molecule has 0 aromatic heterocycles. The molecule has 0 fully saturated rings. The van der Waals surface area contributed by atoms with Gasteiger partial charge in [0.2, 0.25) is 11.8 Å². The van der Waals surface area contributed by atoms with Crippen molar-refractivity contribution in [1.82, 2.24) is 10.6 Å². The lowest BCUT2D eigenvalue weighted by Crippen LogP contribution is -2.42. The zero-order valence-electron chi connectivity index (χ0n) is 9.89. The average Bonchev–Trinajstić information content (AvgIpc) is 2.35. The Labute approximate surface area is 104 Å². The van der Waals surface area contributed by atoms with E-state index in [4.69, 9.17) is 15.3 Å². The third-order valence-corrected chi connectivity index (χ3v) is 2.16. The van der Waals surface area contributed by atoms with E-state index in [1.807, 2.05) is 0 Å². The number of rotatable bonds is 9. The minimum atomic E-state index is -1.17. The first kappa shape index (κ1) is 16.3. The van der Waals surface area contributed by atoms with Crippen molar-refractivity contribution in [3.63, 3.8) is 0 Å². The van der Waals surface area contributed by atoms with Gasteiger partial charge in [-0.25, -0.2) is 4.79 Å². The summed E-state index contributed by atoms with van der Waals surface area (Å²) in [6.45, 7) is -1.000. The maximum atomic E-state index is 10.8. The normalized spacial score (nSPS) is 11.7. The second kappa shape index (κ2) is 9.37. The number of hydrogen-bond donors (Lipinski definition) is 5. The van der Waals surface area contributed by atoms with Gasteiger partial charge in [-0.2, -0.15) is 0 Å². The molecule has 5 N–H and O–H groups in total. The lowest BCUT2D eigenvalue weighted by Gasteiger charge is -2.13. The smallest absolute Gasteiger partial charge is 0.326 e. The number of carbonyl (C=O) groups is 3. The van der Waals surface area contributed by atoms with Crippen LogP contribution in [0.5, 0.6) is 0 Å². The maximum absolute atomic E-state index is 10.8. The molecule has 0 saturated carbocycles. The Kier molecular flexibility index (Phi) is 8.50. The Morgan fingerprint density at radius 1 is 1.00 bits per heavy atom. The van der Waals surface area contributed by atoms with Gasteiger partial charge in [0.15, 0.2) is 0 Å². The minimum Gasteiger partial charge on any atom is -0.480 e. The van der Waals surface area contributed by atoms with E-state index < -0.39 is 37.0 Å². The van der Waals surface area contributed by atoms with E-state index in [2.05, 4.69) is 10.6 Å². The number of unbranched alkanes of at least 4 members (excludes halogenated alkanes) is 1. The molecule has 8 heteroatoms. The molecule has 0 saturated heterocycles. The molecule has 0 aliphatic carbocycles. The van der Waals surface area contributed by atoms with Crippen LogP contribution >= 0.6 is 0 Å². The maximum Gasteiger partial charge on any atom is 0.326 e. The number of carboxylic acid groups (broad SMARTS) is 1. The summed E-state index contributed by atoms with van der Waals surface area (Å²) in [4.78, 5) is 32.3. The summed E-state index contributed by atoms with van der Waals surface area (Å²) in [6, 6.07) is -1.04. The predicted octanol–water partition coefficient (Wildman–Crippen LogP) is -2.17. The van der Waals surface area contributed by atoms with Gasteiger partial charge in [0.25, 0.3) is 0 Å². The Balaban J connectivity index is 3.81. The fourth-order valence-corrected chi connectivity index (χ4v) is 1.25. The number of aliphatic hydroxyl groups excluding tert-OH is 2. The molecule has 8 nitrogen and oxygen atoms in total. The highest BCUT2D eigenvalue weighted by atomic mass is 16.4. The SMILES string of the molecule is O=C(CO)NCCCC[C@H](NC(=O)CO)C(=O)O. The highest BCUT2D eigenvalue weighted by Gasteiger charge is 2.18. The van der Waals surface area contributed by atoms with E-state index in [0.29, 0.717) is 19.4 Å². The third kappa shape index (κ3) is 7.58. The second-order valence-corrected chi connectivity index (χ2v) is 3.62. The summed E-state index contributed by atoms with van der Waals surface area (Å²) in [7, 11) is 0. The highest BCUT2D eigenvalue weighted by molar-refractivity contribution is 5.83. The van der Waals surface area contributed by atoms with E-state index in [1.54, 1.807) is 0 Å². The number of aliphatic carboxylic acids is 1. The number of nitrogens with one attached hydrogen (secondary N) is 2. The number of amides is 2. The molecule has 0 rings (SSSR count). The summed E-state index contributed by atoms with van der Waals surface area (Å²) in [6.07, 6.45) is 1.22. The van der Waals surface area contributed by atoms with E-state index >= 15 is 0 Å². The van der Waals surface area contributed by atoms with Crippen LogP contribution < -0.4 is 10.6 Å². The third-order valence-electron chi connectivity index (χ3n) is 2.16. The van der Waals surface area contributed by atoms with Crippen LogP contribution in [0.15, 0.2) is 0 Å². The second-order valence-electron chi connectivity index (χ2n) is 3.62. The quantitative estimate of drug-likeness (QED) is 0.300. The fourth-order valence-electron chi connectivity index (χ4n) is 1.25. The molecular formula is C10H18N2O6. The summed E-state index contributed by atoms with van der Waals surface area (Å²) < 4.78 is 0. The summed E-state index contributed by atoms with van der Waals surface area (Å²) >= 11 is 0. The summed E-state index contributed by atoms with van der Waals surface area (Å²) in [5.74, 6) is -2.40. The molecule has 0 unspecified atom stereocenters. The Morgan fingerprint density at radius 2 is 1.61 bits per heavy atom. The van der Waals surface area contributed by atoms with Crippen LogP contribution in [-0.4, -0.2) is 58.9 Å². The first-order valence-corrected chi connectivity index (χ1v) is 5.51. The predicted molar refractivity (Wildman–Crippen MR) is 60.6 cm³/mol. The molecule has 0 aromatic rings. The summed E-state index contributed by atoms with van der Waals surface area (Å²) in [5, 5.41) is 30.3. The lowest BCUT2D eigenvalue weighted by molar-refractivity contribution is -0.142. The Hall–Kier alpha value is -1.67. The van der Waals surface area contributed by atoms with Gasteiger partial charge in [0.05, 0.1) is 0 Å². The number of aliphatic hydroxyl groups is 2. The first-order valence-electron chi connectivity index (χ1n) is 5.51. The summed E-state index contributed by atoms with van der Waals surface area (Å²) in [5.41, 5.74) is 0. The standard InChI is InChI=1S/C10H18N2O6/c13-5-8(15)11-4-2-1-3-7(10(17)18)12-9(16)6-14/h7,13-14H,1-6H2,(H,11,15)(H,12,16)(H,17,18)/t7-/m0/s1. The van der Waals surface area contributed by atoms with Crippen molar-refractivity contribution < 1.29 is 29.7 Å². The molecular weight excluding hydrogens is 244 g/mol. The van der Waals surface area contributed by atoms with Crippen LogP contribution in [0.25, 0.3) is 0 Å². The van der Waals surface area contributed by atoms with E-state index in [-0.39, 0.29) is 6.42 Å². The minimum absolute atomic E-state index is 0.204. The highest BCUT2D eigenvalue weighted by Crippen LogP contribution is 2.01. The first-order chi connectivity index (χ1) is 8.51. The monoisotopic (exact) mass is 262 g/mol. The Bertz CT molecular complexity index is 294. The van der Waals surface area contributed by atoms with Crippen molar-refractivity contribution in [2.45, 2.75) is 25.3 Å². The number of carboxylic acids is 1. The average molecular weight is 262 g/mol. The number of carbonyl (C=O) groups excluding carboxylic acids is 2. The molecule has 0 aliphatic rings. The molecule has 2 amide bonds.